The lowest BCUT2D eigenvalue weighted by Crippen LogP contribution is -2.26. The summed E-state index contributed by atoms with van der Waals surface area (Å²) in [6.45, 7) is 0. The van der Waals surface area contributed by atoms with Gasteiger partial charge in [0, 0.05) is 5.56 Å². The highest BCUT2D eigenvalue weighted by Gasteiger charge is 2.23. The number of carbonyl (C=O) groups is 2. The first-order valence-electron chi connectivity index (χ1n) is 10.5. The van der Waals surface area contributed by atoms with Gasteiger partial charge in [-0.1, -0.05) is 56.7 Å². The fourth-order valence-electron chi connectivity index (χ4n) is 4.33. The molecule has 0 N–H and O–H groups in total. The molecule has 0 heterocycles. The van der Waals surface area contributed by atoms with Crippen LogP contribution >= 0.6 is 0 Å². The van der Waals surface area contributed by atoms with Gasteiger partial charge in [0.25, 0.3) is 0 Å². The van der Waals surface area contributed by atoms with Crippen LogP contribution in [0.5, 0.6) is 0 Å². The molecule has 0 atom stereocenters. The molecule has 2 aromatic carbocycles. The molecule has 0 spiro atoms. The number of aryl methyl sites for hydroxylation is 2. The SMILES string of the molecule is O=C([O-])c1ccc2cc(CCCC3CC3)c(C(=O)[O-])c(CCCC3CC3)c2c1. The van der Waals surface area contributed by atoms with Crippen molar-refractivity contribution in [3.63, 3.8) is 0 Å². The standard InChI is InChI=1S/C24H28O4/c25-23(26)19-12-11-17-13-18(5-1-3-15-7-8-15)22(24(27)28)20(21(17)14-19)6-2-4-16-9-10-16/h11-16H,1-10H2,(H,25,26)(H,27,28)/p-2. The highest BCUT2D eigenvalue weighted by atomic mass is 16.4. The lowest BCUT2D eigenvalue weighted by Gasteiger charge is -2.20. The van der Waals surface area contributed by atoms with E-state index in [1.807, 2.05) is 6.07 Å². The van der Waals surface area contributed by atoms with Gasteiger partial charge in [0.05, 0.1) is 11.9 Å². The molecular weight excluding hydrogens is 352 g/mol. The number of hydrogen-bond acceptors (Lipinski definition) is 4. The molecular formula is C24H26O4-2. The Morgan fingerprint density at radius 2 is 1.50 bits per heavy atom. The van der Waals surface area contributed by atoms with Crippen molar-refractivity contribution < 1.29 is 19.8 Å². The van der Waals surface area contributed by atoms with Crippen LogP contribution in [0.3, 0.4) is 0 Å². The number of hydrogen-bond donors (Lipinski definition) is 0. The van der Waals surface area contributed by atoms with Crippen LogP contribution in [0.25, 0.3) is 10.8 Å². The van der Waals surface area contributed by atoms with E-state index in [0.29, 0.717) is 11.8 Å². The molecule has 0 aromatic heterocycles. The van der Waals surface area contributed by atoms with Crippen molar-refractivity contribution in [3.8, 4) is 0 Å². The molecule has 2 aromatic rings. The van der Waals surface area contributed by atoms with Gasteiger partial charge in [-0.2, -0.15) is 0 Å². The summed E-state index contributed by atoms with van der Waals surface area (Å²) in [6, 6.07) is 6.79. The summed E-state index contributed by atoms with van der Waals surface area (Å²) in [5, 5.41) is 25.0. The molecule has 2 fully saturated rings. The lowest BCUT2D eigenvalue weighted by atomic mass is 9.88. The van der Waals surface area contributed by atoms with Crippen LogP contribution in [0.2, 0.25) is 0 Å². The van der Waals surface area contributed by atoms with E-state index in [4.69, 9.17) is 0 Å². The average molecular weight is 378 g/mol. The first-order chi connectivity index (χ1) is 13.5. The Hall–Kier alpha value is -2.36. The molecule has 0 amide bonds. The highest BCUT2D eigenvalue weighted by molar-refractivity contribution is 6.01. The third kappa shape index (κ3) is 4.37. The van der Waals surface area contributed by atoms with Crippen molar-refractivity contribution in [1.82, 2.24) is 0 Å². The Kier molecular flexibility index (Phi) is 5.38. The number of fused-ring (bicyclic) bond motifs is 1. The van der Waals surface area contributed by atoms with E-state index in [9.17, 15) is 19.8 Å². The van der Waals surface area contributed by atoms with Crippen molar-refractivity contribution in [2.24, 2.45) is 11.8 Å². The second-order valence-electron chi connectivity index (χ2n) is 8.57. The third-order valence-electron chi connectivity index (χ3n) is 6.26. The zero-order valence-electron chi connectivity index (χ0n) is 16.2. The number of carboxylic acid groups (broad SMARTS) is 2. The van der Waals surface area contributed by atoms with Gasteiger partial charge < -0.3 is 19.8 Å². The Morgan fingerprint density at radius 3 is 2.07 bits per heavy atom. The van der Waals surface area contributed by atoms with E-state index in [-0.39, 0.29) is 11.1 Å². The molecule has 28 heavy (non-hydrogen) atoms. The van der Waals surface area contributed by atoms with Crippen molar-refractivity contribution in [2.75, 3.05) is 0 Å². The average Bonchev–Trinajstić information content (AvgIpc) is 3.56. The van der Waals surface area contributed by atoms with Crippen molar-refractivity contribution in [3.05, 3.63) is 46.5 Å². The lowest BCUT2D eigenvalue weighted by molar-refractivity contribution is -0.256. The summed E-state index contributed by atoms with van der Waals surface area (Å²) in [7, 11) is 0. The monoisotopic (exact) mass is 378 g/mol. The van der Waals surface area contributed by atoms with Crippen LogP contribution < -0.4 is 10.2 Å². The number of carboxylic acids is 2. The van der Waals surface area contributed by atoms with Crippen LogP contribution in [0.15, 0.2) is 24.3 Å². The Morgan fingerprint density at radius 1 is 0.857 bits per heavy atom. The van der Waals surface area contributed by atoms with Gasteiger partial charge >= 0.3 is 0 Å². The quantitative estimate of drug-likeness (QED) is 0.636. The molecule has 0 saturated heterocycles. The number of aromatic carboxylic acids is 2. The van der Waals surface area contributed by atoms with E-state index >= 15 is 0 Å². The van der Waals surface area contributed by atoms with E-state index < -0.39 is 11.9 Å². The fourth-order valence-corrected chi connectivity index (χ4v) is 4.33. The summed E-state index contributed by atoms with van der Waals surface area (Å²) < 4.78 is 0. The first kappa shape index (κ1) is 19.0. The molecule has 0 bridgehead atoms. The fraction of sp³-hybridized carbons (Fsp3) is 0.500. The topological polar surface area (TPSA) is 80.3 Å². The predicted octanol–water partition coefficient (Wildman–Crippen LogP) is 3.03. The summed E-state index contributed by atoms with van der Waals surface area (Å²) >= 11 is 0. The van der Waals surface area contributed by atoms with Crippen LogP contribution in [0.4, 0.5) is 0 Å². The molecule has 4 heteroatoms. The summed E-state index contributed by atoms with van der Waals surface area (Å²) in [5.41, 5.74) is 1.94. The van der Waals surface area contributed by atoms with Crippen LogP contribution in [0, 0.1) is 11.8 Å². The van der Waals surface area contributed by atoms with Crippen LogP contribution in [-0.2, 0) is 12.8 Å². The second kappa shape index (κ2) is 7.94. The Balaban J connectivity index is 1.72. The maximum atomic E-state index is 12.1. The molecule has 2 aliphatic rings. The first-order valence-corrected chi connectivity index (χ1v) is 10.5. The Bertz CT molecular complexity index is 906. The van der Waals surface area contributed by atoms with Gasteiger partial charge in [-0.05, 0) is 71.0 Å². The van der Waals surface area contributed by atoms with E-state index in [0.717, 1.165) is 60.5 Å². The van der Waals surface area contributed by atoms with Gasteiger partial charge in [-0.15, -0.1) is 0 Å². The van der Waals surface area contributed by atoms with E-state index in [1.165, 1.54) is 31.7 Å². The largest absolute Gasteiger partial charge is 0.545 e. The summed E-state index contributed by atoms with van der Waals surface area (Å²) in [5.74, 6) is -0.799. The van der Waals surface area contributed by atoms with Crippen molar-refractivity contribution in [2.45, 2.75) is 64.2 Å². The number of benzene rings is 2. The minimum atomic E-state index is -1.24. The minimum absolute atomic E-state index is 0.0849. The van der Waals surface area contributed by atoms with E-state index in [1.54, 1.807) is 12.1 Å². The predicted molar refractivity (Wildman–Crippen MR) is 104 cm³/mol. The van der Waals surface area contributed by atoms with Gasteiger partial charge in [-0.25, -0.2) is 0 Å². The highest BCUT2D eigenvalue weighted by Crippen LogP contribution is 2.36. The molecule has 4 nitrogen and oxygen atoms in total. The Labute approximate surface area is 165 Å². The van der Waals surface area contributed by atoms with Gasteiger partial charge in [0.15, 0.2) is 0 Å². The van der Waals surface area contributed by atoms with Gasteiger partial charge in [0.2, 0.25) is 0 Å². The zero-order valence-corrected chi connectivity index (χ0v) is 16.2. The maximum absolute atomic E-state index is 12.1. The zero-order chi connectivity index (χ0) is 19.7. The number of carbonyl (C=O) groups excluding carboxylic acids is 2. The third-order valence-corrected chi connectivity index (χ3v) is 6.26. The molecule has 0 aliphatic heterocycles. The van der Waals surface area contributed by atoms with Crippen LogP contribution in [0.1, 0.15) is 83.2 Å². The molecule has 0 unspecified atom stereocenters. The van der Waals surface area contributed by atoms with Crippen molar-refractivity contribution in [1.29, 1.82) is 0 Å². The molecule has 148 valence electrons. The molecule has 4 rings (SSSR count). The van der Waals surface area contributed by atoms with Crippen molar-refractivity contribution >= 4 is 22.7 Å². The minimum Gasteiger partial charge on any atom is -0.545 e. The second-order valence-corrected chi connectivity index (χ2v) is 8.57. The summed E-state index contributed by atoms with van der Waals surface area (Å²) in [4.78, 5) is 23.4. The summed E-state index contributed by atoms with van der Waals surface area (Å²) in [6.07, 6.45) is 10.6. The molecule has 0 radical (unpaired) electrons. The maximum Gasteiger partial charge on any atom is 0.0721 e. The van der Waals surface area contributed by atoms with E-state index in [2.05, 4.69) is 0 Å². The van der Waals surface area contributed by atoms with Gasteiger partial charge in [0.1, 0.15) is 0 Å². The normalized spacial score (nSPS) is 16.4. The smallest absolute Gasteiger partial charge is 0.0721 e. The van der Waals surface area contributed by atoms with Gasteiger partial charge in [-0.3, -0.25) is 0 Å². The molecule has 2 aliphatic carbocycles. The number of rotatable bonds is 10. The van der Waals surface area contributed by atoms with Crippen LogP contribution in [-0.4, -0.2) is 11.9 Å². The molecule has 2 saturated carbocycles.